The summed E-state index contributed by atoms with van der Waals surface area (Å²) in [6.07, 6.45) is 2.26. The molecule has 0 aliphatic carbocycles. The van der Waals surface area contributed by atoms with Crippen LogP contribution in [-0.2, 0) is 0 Å². The largest absolute Gasteiger partial charge is 0.367 e. The molecule has 1 aromatic heterocycles. The van der Waals surface area contributed by atoms with Crippen molar-refractivity contribution >= 4 is 17.3 Å². The topological polar surface area (TPSA) is 87.4 Å². The maximum Gasteiger partial charge on any atom is 0.353 e. The van der Waals surface area contributed by atoms with Gasteiger partial charge in [-0.15, -0.1) is 0 Å². The Bertz CT molecular complexity index is 452. The van der Waals surface area contributed by atoms with Crippen molar-refractivity contribution in [2.45, 2.75) is 13.3 Å². The fraction of sp³-hybridized carbons (Fsp3) is 0.667. The van der Waals surface area contributed by atoms with Crippen molar-refractivity contribution in [2.75, 3.05) is 51.0 Å². The first-order valence-corrected chi connectivity index (χ1v) is 6.58. The minimum Gasteiger partial charge on any atom is -0.367 e. The highest BCUT2D eigenvalue weighted by molar-refractivity contribution is 5.70. The average molecular weight is 282 g/mol. The molecule has 0 bridgehead atoms. The number of rotatable bonds is 8. The molecule has 112 valence electrons. The first-order valence-electron chi connectivity index (χ1n) is 6.58. The van der Waals surface area contributed by atoms with Gasteiger partial charge in [-0.05, 0) is 34.0 Å². The molecule has 0 saturated heterocycles. The van der Waals surface area contributed by atoms with Crippen LogP contribution in [0.15, 0.2) is 6.33 Å². The third-order valence-corrected chi connectivity index (χ3v) is 2.94. The number of hydrogen-bond acceptors (Lipinski definition) is 7. The Hall–Kier alpha value is -1.96. The van der Waals surface area contributed by atoms with Crippen LogP contribution in [0.5, 0.6) is 0 Å². The normalized spacial score (nSPS) is 10.7. The van der Waals surface area contributed by atoms with Gasteiger partial charge in [0.2, 0.25) is 11.6 Å². The van der Waals surface area contributed by atoms with E-state index in [1.54, 1.807) is 7.05 Å². The molecule has 0 fully saturated rings. The molecule has 1 rings (SSSR count). The van der Waals surface area contributed by atoms with Crippen LogP contribution in [0, 0.1) is 10.1 Å². The van der Waals surface area contributed by atoms with Crippen LogP contribution in [0.3, 0.4) is 0 Å². The van der Waals surface area contributed by atoms with E-state index in [4.69, 9.17) is 0 Å². The van der Waals surface area contributed by atoms with E-state index in [1.807, 2.05) is 25.9 Å². The zero-order valence-electron chi connectivity index (χ0n) is 12.5. The number of anilines is 2. The quantitative estimate of drug-likeness (QED) is 0.566. The van der Waals surface area contributed by atoms with E-state index in [2.05, 4.69) is 20.2 Å². The second-order valence-corrected chi connectivity index (χ2v) is 4.64. The smallest absolute Gasteiger partial charge is 0.353 e. The molecule has 0 amide bonds. The van der Waals surface area contributed by atoms with Crippen LogP contribution in [0.2, 0.25) is 0 Å². The van der Waals surface area contributed by atoms with E-state index in [0.717, 1.165) is 19.5 Å². The third kappa shape index (κ3) is 4.02. The van der Waals surface area contributed by atoms with Gasteiger partial charge in [0, 0.05) is 20.1 Å². The summed E-state index contributed by atoms with van der Waals surface area (Å²) in [7, 11) is 5.62. The van der Waals surface area contributed by atoms with Gasteiger partial charge in [-0.2, -0.15) is 0 Å². The predicted molar refractivity (Wildman–Crippen MR) is 79.3 cm³/mol. The molecule has 20 heavy (non-hydrogen) atoms. The Labute approximate surface area is 119 Å². The van der Waals surface area contributed by atoms with E-state index in [-0.39, 0.29) is 11.5 Å². The fourth-order valence-corrected chi connectivity index (χ4v) is 1.94. The second kappa shape index (κ2) is 7.59. The molecule has 0 aliphatic rings. The lowest BCUT2D eigenvalue weighted by atomic mass is 10.3. The van der Waals surface area contributed by atoms with Gasteiger partial charge in [-0.1, -0.05) is 0 Å². The molecule has 1 N–H and O–H groups in total. The summed E-state index contributed by atoms with van der Waals surface area (Å²) in [4.78, 5) is 22.8. The minimum absolute atomic E-state index is 0.0679. The number of nitro groups is 1. The molecule has 1 heterocycles. The van der Waals surface area contributed by atoms with Gasteiger partial charge in [-0.25, -0.2) is 9.97 Å². The molecule has 0 unspecified atom stereocenters. The summed E-state index contributed by atoms with van der Waals surface area (Å²) in [6.45, 7) is 4.26. The molecule has 0 saturated carbocycles. The molecule has 0 aliphatic heterocycles. The van der Waals surface area contributed by atoms with Crippen molar-refractivity contribution in [2.24, 2.45) is 0 Å². The number of aromatic nitrogens is 2. The summed E-state index contributed by atoms with van der Waals surface area (Å²) in [5.41, 5.74) is -0.0679. The molecule has 0 radical (unpaired) electrons. The Morgan fingerprint density at radius 1 is 1.35 bits per heavy atom. The van der Waals surface area contributed by atoms with E-state index < -0.39 is 4.92 Å². The standard InChI is InChI=1S/C12H22N6O2/c1-5-17(8-6-7-16(3)4)12-10(18(19)20)11(13-2)14-9-15-12/h9H,5-8H2,1-4H3,(H,13,14,15). The van der Waals surface area contributed by atoms with E-state index in [0.29, 0.717) is 12.4 Å². The number of nitrogens with one attached hydrogen (secondary N) is 1. The lowest BCUT2D eigenvalue weighted by molar-refractivity contribution is -0.383. The van der Waals surface area contributed by atoms with E-state index in [1.165, 1.54) is 6.33 Å². The van der Waals surface area contributed by atoms with Crippen molar-refractivity contribution in [3.05, 3.63) is 16.4 Å². The lowest BCUT2D eigenvalue weighted by Crippen LogP contribution is -2.28. The second-order valence-electron chi connectivity index (χ2n) is 4.64. The number of hydrogen-bond donors (Lipinski definition) is 1. The maximum absolute atomic E-state index is 11.3. The van der Waals surface area contributed by atoms with Gasteiger partial charge in [0.05, 0.1) is 4.92 Å². The van der Waals surface area contributed by atoms with Crippen LogP contribution < -0.4 is 10.2 Å². The molecule has 8 heteroatoms. The molecular formula is C12H22N6O2. The summed E-state index contributed by atoms with van der Waals surface area (Å²) in [5, 5.41) is 14.0. The van der Waals surface area contributed by atoms with Crippen LogP contribution in [0.1, 0.15) is 13.3 Å². The van der Waals surface area contributed by atoms with Gasteiger partial charge in [0.1, 0.15) is 6.33 Å². The Kier molecular flexibility index (Phi) is 6.10. The zero-order valence-corrected chi connectivity index (χ0v) is 12.5. The molecular weight excluding hydrogens is 260 g/mol. The van der Waals surface area contributed by atoms with Crippen LogP contribution in [0.25, 0.3) is 0 Å². The first-order chi connectivity index (χ1) is 9.51. The molecule has 0 atom stereocenters. The van der Waals surface area contributed by atoms with Crippen molar-refractivity contribution in [1.82, 2.24) is 14.9 Å². The molecule has 1 aromatic rings. The highest BCUT2D eigenvalue weighted by Crippen LogP contribution is 2.31. The maximum atomic E-state index is 11.3. The minimum atomic E-state index is -0.435. The highest BCUT2D eigenvalue weighted by Gasteiger charge is 2.25. The fourth-order valence-electron chi connectivity index (χ4n) is 1.94. The summed E-state index contributed by atoms with van der Waals surface area (Å²) in [6, 6.07) is 0. The first kappa shape index (κ1) is 16.1. The molecule has 0 aromatic carbocycles. The highest BCUT2D eigenvalue weighted by atomic mass is 16.6. The Morgan fingerprint density at radius 3 is 2.55 bits per heavy atom. The summed E-state index contributed by atoms with van der Waals surface area (Å²) < 4.78 is 0. The Balaban J connectivity index is 2.99. The zero-order chi connectivity index (χ0) is 15.1. The van der Waals surface area contributed by atoms with Gasteiger partial charge >= 0.3 is 5.69 Å². The monoisotopic (exact) mass is 282 g/mol. The van der Waals surface area contributed by atoms with Crippen LogP contribution in [-0.4, -0.2) is 60.6 Å². The summed E-state index contributed by atoms with van der Waals surface area (Å²) in [5.74, 6) is 0.613. The lowest BCUT2D eigenvalue weighted by Gasteiger charge is -2.22. The van der Waals surface area contributed by atoms with Crippen LogP contribution in [0.4, 0.5) is 17.3 Å². The van der Waals surface area contributed by atoms with Crippen molar-refractivity contribution in [3.63, 3.8) is 0 Å². The van der Waals surface area contributed by atoms with Crippen molar-refractivity contribution in [3.8, 4) is 0 Å². The molecule has 0 spiro atoms. The summed E-state index contributed by atoms with van der Waals surface area (Å²) >= 11 is 0. The van der Waals surface area contributed by atoms with E-state index in [9.17, 15) is 10.1 Å². The van der Waals surface area contributed by atoms with Crippen molar-refractivity contribution < 1.29 is 4.92 Å². The van der Waals surface area contributed by atoms with Gasteiger partial charge in [0.15, 0.2) is 0 Å². The van der Waals surface area contributed by atoms with E-state index >= 15 is 0 Å². The molecule has 8 nitrogen and oxygen atoms in total. The van der Waals surface area contributed by atoms with Gasteiger partial charge < -0.3 is 15.1 Å². The average Bonchev–Trinajstić information content (AvgIpc) is 2.42. The van der Waals surface area contributed by atoms with Crippen molar-refractivity contribution in [1.29, 1.82) is 0 Å². The van der Waals surface area contributed by atoms with Gasteiger partial charge in [-0.3, -0.25) is 10.1 Å². The predicted octanol–water partition coefficient (Wildman–Crippen LogP) is 1.20. The van der Waals surface area contributed by atoms with Gasteiger partial charge in [0.25, 0.3) is 0 Å². The SMILES string of the molecule is CCN(CCCN(C)C)c1ncnc(NC)c1[N+](=O)[O-]. The van der Waals surface area contributed by atoms with Crippen LogP contribution >= 0.6 is 0 Å². The Morgan fingerprint density at radius 2 is 2.05 bits per heavy atom. The number of nitrogens with zero attached hydrogens (tertiary/aromatic N) is 5. The third-order valence-electron chi connectivity index (χ3n) is 2.94.